The monoisotopic (exact) mass is 226 g/mol. The average Bonchev–Trinajstić information content (AvgIpc) is 2.97. The number of benzene rings is 1. The lowest BCUT2D eigenvalue weighted by Gasteiger charge is -2.03. The summed E-state index contributed by atoms with van der Waals surface area (Å²) in [5.41, 5.74) is 0.599. The van der Waals surface area contributed by atoms with Crippen LogP contribution in [0.4, 0.5) is 4.39 Å². The maximum absolute atomic E-state index is 13.1. The molecule has 0 spiro atoms. The molecule has 1 aromatic carbocycles. The maximum atomic E-state index is 13.1. The van der Waals surface area contributed by atoms with E-state index in [9.17, 15) is 9.18 Å². The molecule has 1 nitrogen and oxygen atoms in total. The van der Waals surface area contributed by atoms with Gasteiger partial charge in [-0.2, -0.15) is 0 Å². The summed E-state index contributed by atoms with van der Waals surface area (Å²) in [5.74, 6) is 0.281. The third-order valence-electron chi connectivity index (χ3n) is 2.63. The number of ketones is 1. The first kappa shape index (κ1) is 10.6. The minimum atomic E-state index is -0.451. The molecule has 0 amide bonds. The van der Waals surface area contributed by atoms with Crippen LogP contribution in [0, 0.1) is 11.7 Å². The van der Waals surface area contributed by atoms with Crippen molar-refractivity contribution in [2.24, 2.45) is 5.92 Å². The largest absolute Gasteiger partial charge is 0.299 e. The van der Waals surface area contributed by atoms with Gasteiger partial charge in [0.25, 0.3) is 0 Å². The first-order valence-corrected chi connectivity index (χ1v) is 5.49. The Morgan fingerprint density at radius 2 is 2.20 bits per heavy atom. The summed E-state index contributed by atoms with van der Waals surface area (Å²) in [6, 6.07) is 4.59. The SMILES string of the molecule is O=C(Cc1cccc(F)c1Cl)CC1CC1. The van der Waals surface area contributed by atoms with Crippen molar-refractivity contribution in [3.63, 3.8) is 0 Å². The van der Waals surface area contributed by atoms with Gasteiger partial charge in [0, 0.05) is 12.8 Å². The lowest BCUT2D eigenvalue weighted by atomic mass is 10.1. The molecule has 0 N–H and O–H groups in total. The molecular weight excluding hydrogens is 215 g/mol. The van der Waals surface area contributed by atoms with Crippen molar-refractivity contribution >= 4 is 17.4 Å². The van der Waals surface area contributed by atoms with Gasteiger partial charge in [-0.3, -0.25) is 4.79 Å². The molecule has 0 unspecified atom stereocenters. The number of Topliss-reactive ketones (excluding diaryl/α,β-unsaturated/α-hetero) is 1. The molecule has 1 aliphatic carbocycles. The molecule has 0 heterocycles. The summed E-state index contributed by atoms with van der Waals surface area (Å²) in [6.07, 6.45) is 3.19. The predicted octanol–water partition coefficient (Wildman–Crippen LogP) is 3.39. The molecule has 0 aliphatic heterocycles. The standard InChI is InChI=1S/C12H12ClFO/c13-12-9(2-1-3-11(12)14)7-10(15)6-8-4-5-8/h1-3,8H,4-7H2. The first-order valence-electron chi connectivity index (χ1n) is 5.11. The van der Waals surface area contributed by atoms with Gasteiger partial charge in [-0.05, 0) is 30.4 Å². The Kier molecular flexibility index (Phi) is 3.06. The van der Waals surface area contributed by atoms with Crippen LogP contribution >= 0.6 is 11.6 Å². The van der Waals surface area contributed by atoms with E-state index < -0.39 is 5.82 Å². The molecule has 15 heavy (non-hydrogen) atoms. The normalized spacial score (nSPS) is 15.3. The van der Waals surface area contributed by atoms with Crippen LogP contribution in [0.1, 0.15) is 24.8 Å². The van der Waals surface area contributed by atoms with Crippen LogP contribution in [-0.4, -0.2) is 5.78 Å². The Balaban J connectivity index is 2.02. The molecule has 80 valence electrons. The molecule has 1 saturated carbocycles. The predicted molar refractivity (Wildman–Crippen MR) is 57.5 cm³/mol. The second-order valence-electron chi connectivity index (χ2n) is 4.08. The van der Waals surface area contributed by atoms with Crippen molar-refractivity contribution in [3.8, 4) is 0 Å². The minimum Gasteiger partial charge on any atom is -0.299 e. The summed E-state index contributed by atoms with van der Waals surface area (Å²) in [7, 11) is 0. The lowest BCUT2D eigenvalue weighted by molar-refractivity contribution is -0.118. The molecule has 1 aliphatic rings. The highest BCUT2D eigenvalue weighted by Gasteiger charge is 2.24. The molecule has 0 aromatic heterocycles. The third kappa shape index (κ3) is 2.78. The van der Waals surface area contributed by atoms with Crippen LogP contribution in [-0.2, 0) is 11.2 Å². The molecular formula is C12H12ClFO. The van der Waals surface area contributed by atoms with Gasteiger partial charge in [-0.15, -0.1) is 0 Å². The fourth-order valence-electron chi connectivity index (χ4n) is 1.61. The third-order valence-corrected chi connectivity index (χ3v) is 3.06. The summed E-state index contributed by atoms with van der Waals surface area (Å²) < 4.78 is 13.1. The van der Waals surface area contributed by atoms with Gasteiger partial charge < -0.3 is 0 Å². The van der Waals surface area contributed by atoms with Crippen molar-refractivity contribution in [1.29, 1.82) is 0 Å². The molecule has 2 rings (SSSR count). The average molecular weight is 227 g/mol. The van der Waals surface area contributed by atoms with Gasteiger partial charge in [0.15, 0.2) is 0 Å². The Hall–Kier alpha value is -0.890. The number of carbonyl (C=O) groups excluding carboxylic acids is 1. The van der Waals surface area contributed by atoms with Gasteiger partial charge in [0.2, 0.25) is 0 Å². The summed E-state index contributed by atoms with van der Waals surface area (Å²) in [6.45, 7) is 0. The zero-order valence-electron chi connectivity index (χ0n) is 8.30. The van der Waals surface area contributed by atoms with E-state index in [1.165, 1.54) is 6.07 Å². The first-order chi connectivity index (χ1) is 7.16. The lowest BCUT2D eigenvalue weighted by Crippen LogP contribution is -2.04. The minimum absolute atomic E-state index is 0.0849. The van der Waals surface area contributed by atoms with Crippen molar-refractivity contribution < 1.29 is 9.18 Å². The van der Waals surface area contributed by atoms with Gasteiger partial charge >= 0.3 is 0 Å². The summed E-state index contributed by atoms with van der Waals surface area (Å²) >= 11 is 5.76. The van der Waals surface area contributed by atoms with E-state index >= 15 is 0 Å². The van der Waals surface area contributed by atoms with E-state index in [1.807, 2.05) is 0 Å². The maximum Gasteiger partial charge on any atom is 0.142 e. The second-order valence-corrected chi connectivity index (χ2v) is 4.45. The van der Waals surface area contributed by atoms with Crippen molar-refractivity contribution in [3.05, 3.63) is 34.6 Å². The molecule has 0 radical (unpaired) electrons. The number of carbonyl (C=O) groups is 1. The van der Waals surface area contributed by atoms with E-state index in [-0.39, 0.29) is 17.2 Å². The van der Waals surface area contributed by atoms with Gasteiger partial charge in [0.05, 0.1) is 5.02 Å². The van der Waals surface area contributed by atoms with E-state index in [2.05, 4.69) is 0 Å². The van der Waals surface area contributed by atoms with Crippen LogP contribution < -0.4 is 0 Å². The fourth-order valence-corrected chi connectivity index (χ4v) is 1.81. The van der Waals surface area contributed by atoms with Gasteiger partial charge in [0.1, 0.15) is 11.6 Å². The van der Waals surface area contributed by atoms with Gasteiger partial charge in [-0.25, -0.2) is 4.39 Å². The molecule has 0 atom stereocenters. The molecule has 3 heteroatoms. The van der Waals surface area contributed by atoms with Crippen LogP contribution in [0.25, 0.3) is 0 Å². The molecule has 0 saturated heterocycles. The Morgan fingerprint density at radius 3 is 2.87 bits per heavy atom. The molecule has 1 fully saturated rings. The van der Waals surface area contributed by atoms with Crippen LogP contribution in [0.3, 0.4) is 0 Å². The number of rotatable bonds is 4. The summed E-state index contributed by atoms with van der Waals surface area (Å²) in [5, 5.41) is 0.0849. The number of hydrogen-bond acceptors (Lipinski definition) is 1. The summed E-state index contributed by atoms with van der Waals surface area (Å²) in [4.78, 5) is 11.5. The van der Waals surface area contributed by atoms with Crippen LogP contribution in [0.5, 0.6) is 0 Å². The second kappa shape index (κ2) is 4.31. The highest BCUT2D eigenvalue weighted by atomic mass is 35.5. The fraction of sp³-hybridized carbons (Fsp3) is 0.417. The van der Waals surface area contributed by atoms with Crippen molar-refractivity contribution in [1.82, 2.24) is 0 Å². The Bertz CT molecular complexity index is 385. The highest BCUT2D eigenvalue weighted by molar-refractivity contribution is 6.31. The zero-order valence-corrected chi connectivity index (χ0v) is 9.06. The number of hydrogen-bond donors (Lipinski definition) is 0. The van der Waals surface area contributed by atoms with Crippen LogP contribution in [0.2, 0.25) is 5.02 Å². The van der Waals surface area contributed by atoms with E-state index in [4.69, 9.17) is 11.6 Å². The molecule has 0 bridgehead atoms. The quantitative estimate of drug-likeness (QED) is 0.769. The Labute approximate surface area is 93.2 Å². The smallest absolute Gasteiger partial charge is 0.142 e. The Morgan fingerprint density at radius 1 is 1.47 bits per heavy atom. The van der Waals surface area contributed by atoms with Crippen molar-refractivity contribution in [2.75, 3.05) is 0 Å². The van der Waals surface area contributed by atoms with E-state index in [1.54, 1.807) is 12.1 Å². The van der Waals surface area contributed by atoms with E-state index in [0.717, 1.165) is 12.8 Å². The topological polar surface area (TPSA) is 17.1 Å². The van der Waals surface area contributed by atoms with E-state index in [0.29, 0.717) is 17.9 Å². The van der Waals surface area contributed by atoms with Crippen molar-refractivity contribution in [2.45, 2.75) is 25.7 Å². The zero-order chi connectivity index (χ0) is 10.8. The van der Waals surface area contributed by atoms with Gasteiger partial charge in [-0.1, -0.05) is 23.7 Å². The van der Waals surface area contributed by atoms with Crippen LogP contribution in [0.15, 0.2) is 18.2 Å². The molecule has 1 aromatic rings. The number of halogens is 2. The highest BCUT2D eigenvalue weighted by Crippen LogP contribution is 2.33.